The average molecular weight is 472 g/mol. The Morgan fingerprint density at radius 2 is 1.62 bits per heavy atom. The number of hydrogen-bond acceptors (Lipinski definition) is 5. The molecule has 1 heterocycles. The van der Waals surface area contributed by atoms with Gasteiger partial charge in [0.2, 0.25) is 0 Å². The molecule has 34 heavy (non-hydrogen) atoms. The Balaban J connectivity index is 1.54. The van der Waals surface area contributed by atoms with Crippen LogP contribution in [0.5, 0.6) is 5.75 Å². The second-order valence-corrected chi connectivity index (χ2v) is 9.03. The standard InChI is InChI=1S/C25H30FN3O5/c1-25(2,3)34-24(32)29-13-11-28(12-14-29)23(31)18-9-8-17(16-20(18)26)10-15-33-21-7-5-4-6-19(21)22(27)30/h4-9,16H,10-15H2,1-3H3,(H2,27,30). The molecule has 0 aliphatic carbocycles. The van der Waals surface area contributed by atoms with E-state index in [1.54, 1.807) is 56.0 Å². The molecule has 3 amide bonds. The Bertz CT molecular complexity index is 1060. The van der Waals surface area contributed by atoms with Crippen LogP contribution in [0.3, 0.4) is 0 Å². The highest BCUT2D eigenvalue weighted by atomic mass is 19.1. The van der Waals surface area contributed by atoms with Crippen molar-refractivity contribution in [1.82, 2.24) is 9.80 Å². The van der Waals surface area contributed by atoms with Crippen molar-refractivity contribution in [2.45, 2.75) is 32.8 Å². The zero-order valence-corrected chi connectivity index (χ0v) is 19.7. The molecule has 1 aliphatic rings. The van der Waals surface area contributed by atoms with E-state index in [4.69, 9.17) is 15.2 Å². The molecule has 1 saturated heterocycles. The number of piperazine rings is 1. The molecule has 2 N–H and O–H groups in total. The van der Waals surface area contributed by atoms with E-state index in [1.807, 2.05) is 0 Å². The van der Waals surface area contributed by atoms with Crippen molar-refractivity contribution < 1.29 is 28.2 Å². The van der Waals surface area contributed by atoms with Gasteiger partial charge in [0.25, 0.3) is 11.8 Å². The number of carbonyl (C=O) groups is 3. The quantitative estimate of drug-likeness (QED) is 0.697. The lowest BCUT2D eigenvalue weighted by Crippen LogP contribution is -2.51. The van der Waals surface area contributed by atoms with Crippen LogP contribution in [0.1, 0.15) is 47.1 Å². The number of para-hydroxylation sites is 1. The molecule has 0 atom stereocenters. The number of nitrogens with zero attached hydrogens (tertiary/aromatic N) is 2. The molecule has 2 aromatic rings. The topological polar surface area (TPSA) is 102 Å². The summed E-state index contributed by atoms with van der Waals surface area (Å²) < 4.78 is 25.7. The summed E-state index contributed by atoms with van der Waals surface area (Å²) in [6.07, 6.45) is -0.0386. The lowest BCUT2D eigenvalue weighted by molar-refractivity contribution is 0.0140. The first kappa shape index (κ1) is 25.0. The molecule has 9 heteroatoms. The van der Waals surface area contributed by atoms with Crippen molar-refractivity contribution in [3.05, 3.63) is 65.0 Å². The average Bonchev–Trinajstić information content (AvgIpc) is 2.78. The first-order chi connectivity index (χ1) is 16.0. The molecule has 0 spiro atoms. The summed E-state index contributed by atoms with van der Waals surface area (Å²) >= 11 is 0. The van der Waals surface area contributed by atoms with Gasteiger partial charge in [0.05, 0.1) is 17.7 Å². The highest BCUT2D eigenvalue weighted by molar-refractivity contribution is 5.95. The van der Waals surface area contributed by atoms with E-state index in [9.17, 15) is 18.8 Å². The number of hydrogen-bond donors (Lipinski definition) is 1. The molecule has 2 aromatic carbocycles. The first-order valence-electron chi connectivity index (χ1n) is 11.1. The summed E-state index contributed by atoms with van der Waals surface area (Å²) in [6.45, 7) is 6.84. The molecule has 0 unspecified atom stereocenters. The van der Waals surface area contributed by atoms with Gasteiger partial charge in [-0.25, -0.2) is 9.18 Å². The Kier molecular flexibility index (Phi) is 7.75. The van der Waals surface area contributed by atoms with E-state index in [1.165, 1.54) is 17.0 Å². The van der Waals surface area contributed by atoms with Crippen LogP contribution in [0.15, 0.2) is 42.5 Å². The predicted molar refractivity (Wildman–Crippen MR) is 124 cm³/mol. The molecule has 1 aliphatic heterocycles. The summed E-state index contributed by atoms with van der Waals surface area (Å²) in [5.41, 5.74) is 5.66. The number of ether oxygens (including phenoxy) is 2. The van der Waals surface area contributed by atoms with Gasteiger partial charge in [0, 0.05) is 32.6 Å². The van der Waals surface area contributed by atoms with Gasteiger partial charge in [-0.15, -0.1) is 0 Å². The van der Waals surface area contributed by atoms with Crippen molar-refractivity contribution in [1.29, 1.82) is 0 Å². The van der Waals surface area contributed by atoms with Crippen LogP contribution in [0.4, 0.5) is 9.18 Å². The van der Waals surface area contributed by atoms with Crippen LogP contribution in [-0.2, 0) is 11.2 Å². The summed E-state index contributed by atoms with van der Waals surface area (Å²) in [4.78, 5) is 39.6. The zero-order chi connectivity index (χ0) is 24.9. The van der Waals surface area contributed by atoms with Gasteiger partial charge in [0.1, 0.15) is 17.2 Å². The van der Waals surface area contributed by atoms with Crippen LogP contribution in [0, 0.1) is 5.82 Å². The second-order valence-electron chi connectivity index (χ2n) is 9.03. The van der Waals surface area contributed by atoms with E-state index >= 15 is 0 Å². The van der Waals surface area contributed by atoms with E-state index < -0.39 is 29.3 Å². The van der Waals surface area contributed by atoms with Crippen LogP contribution < -0.4 is 10.5 Å². The molecule has 0 radical (unpaired) electrons. The van der Waals surface area contributed by atoms with E-state index in [0.717, 1.165) is 0 Å². The molecule has 182 valence electrons. The number of benzene rings is 2. The van der Waals surface area contributed by atoms with Crippen molar-refractivity contribution >= 4 is 17.9 Å². The number of primary amides is 1. The molecule has 8 nitrogen and oxygen atoms in total. The normalized spacial score (nSPS) is 14.0. The molecular formula is C25H30FN3O5. The van der Waals surface area contributed by atoms with Gasteiger partial charge in [-0.3, -0.25) is 9.59 Å². The van der Waals surface area contributed by atoms with Gasteiger partial charge in [-0.05, 0) is 50.6 Å². The first-order valence-corrected chi connectivity index (χ1v) is 11.1. The maximum absolute atomic E-state index is 14.7. The molecule has 0 aromatic heterocycles. The van der Waals surface area contributed by atoms with Crippen LogP contribution in [0.25, 0.3) is 0 Å². The molecule has 0 saturated carbocycles. The minimum Gasteiger partial charge on any atom is -0.492 e. The number of carbonyl (C=O) groups excluding carboxylic acids is 3. The minimum atomic E-state index is -0.616. The third-order valence-corrected chi connectivity index (χ3v) is 5.28. The lowest BCUT2D eigenvalue weighted by Gasteiger charge is -2.35. The SMILES string of the molecule is CC(C)(C)OC(=O)N1CCN(C(=O)c2ccc(CCOc3ccccc3C(N)=O)cc2F)CC1. The Labute approximate surface area is 198 Å². The Morgan fingerprint density at radius 3 is 2.24 bits per heavy atom. The van der Waals surface area contributed by atoms with Gasteiger partial charge < -0.3 is 25.0 Å². The zero-order valence-electron chi connectivity index (χ0n) is 19.7. The summed E-state index contributed by atoms with van der Waals surface area (Å²) in [6, 6.07) is 11.1. The summed E-state index contributed by atoms with van der Waals surface area (Å²) in [5.74, 6) is -1.25. The number of nitrogens with two attached hydrogens (primary N) is 1. The third-order valence-electron chi connectivity index (χ3n) is 5.28. The lowest BCUT2D eigenvalue weighted by atomic mass is 10.1. The van der Waals surface area contributed by atoms with Gasteiger partial charge >= 0.3 is 6.09 Å². The molecule has 1 fully saturated rings. The molecular weight excluding hydrogens is 441 g/mol. The fraction of sp³-hybridized carbons (Fsp3) is 0.400. The minimum absolute atomic E-state index is 0.0190. The summed E-state index contributed by atoms with van der Waals surface area (Å²) in [5, 5.41) is 0. The monoisotopic (exact) mass is 471 g/mol. The van der Waals surface area contributed by atoms with E-state index in [0.29, 0.717) is 43.9 Å². The van der Waals surface area contributed by atoms with E-state index in [2.05, 4.69) is 0 Å². The smallest absolute Gasteiger partial charge is 0.410 e. The van der Waals surface area contributed by atoms with Gasteiger partial charge in [0.15, 0.2) is 0 Å². The highest BCUT2D eigenvalue weighted by Gasteiger charge is 2.29. The molecule has 0 bridgehead atoms. The van der Waals surface area contributed by atoms with Crippen LogP contribution in [-0.4, -0.2) is 66.1 Å². The van der Waals surface area contributed by atoms with Crippen molar-refractivity contribution in [2.24, 2.45) is 5.73 Å². The number of halogens is 1. The van der Waals surface area contributed by atoms with E-state index in [-0.39, 0.29) is 17.7 Å². The predicted octanol–water partition coefficient (Wildman–Crippen LogP) is 3.24. The van der Waals surface area contributed by atoms with Crippen molar-refractivity contribution in [3.63, 3.8) is 0 Å². The van der Waals surface area contributed by atoms with Gasteiger partial charge in [-0.1, -0.05) is 18.2 Å². The largest absolute Gasteiger partial charge is 0.492 e. The maximum Gasteiger partial charge on any atom is 0.410 e. The number of rotatable bonds is 6. The van der Waals surface area contributed by atoms with Gasteiger partial charge in [-0.2, -0.15) is 0 Å². The fourth-order valence-electron chi connectivity index (χ4n) is 3.55. The highest BCUT2D eigenvalue weighted by Crippen LogP contribution is 2.19. The Hall–Kier alpha value is -3.62. The van der Waals surface area contributed by atoms with Crippen molar-refractivity contribution in [3.8, 4) is 5.75 Å². The van der Waals surface area contributed by atoms with Crippen LogP contribution in [0.2, 0.25) is 0 Å². The van der Waals surface area contributed by atoms with Crippen molar-refractivity contribution in [2.75, 3.05) is 32.8 Å². The fourth-order valence-corrected chi connectivity index (χ4v) is 3.55. The second kappa shape index (κ2) is 10.5. The Morgan fingerprint density at radius 1 is 0.971 bits per heavy atom. The summed E-state index contributed by atoms with van der Waals surface area (Å²) in [7, 11) is 0. The molecule has 3 rings (SSSR count). The maximum atomic E-state index is 14.7. The third kappa shape index (κ3) is 6.46. The number of amides is 3. The van der Waals surface area contributed by atoms with Crippen LogP contribution >= 0.6 is 0 Å².